The summed E-state index contributed by atoms with van der Waals surface area (Å²) in [4.78, 5) is 26.4. The van der Waals surface area contributed by atoms with Gasteiger partial charge < -0.3 is 5.73 Å². The first-order valence-corrected chi connectivity index (χ1v) is 5.70. The second-order valence-corrected chi connectivity index (χ2v) is 4.51. The molecule has 0 saturated heterocycles. The van der Waals surface area contributed by atoms with Gasteiger partial charge >= 0.3 is 6.03 Å². The lowest BCUT2D eigenvalue weighted by atomic mass is 10.0. The lowest BCUT2D eigenvalue weighted by molar-refractivity contribution is -0.383. The maximum absolute atomic E-state index is 11.5. The fourth-order valence-electron chi connectivity index (χ4n) is 2.35. The molecule has 1 amide bonds. The fourth-order valence-corrected chi connectivity index (χ4v) is 2.35. The van der Waals surface area contributed by atoms with Crippen molar-refractivity contribution in [1.82, 2.24) is 9.55 Å². The number of nitro benzene ring substituents is 1. The van der Waals surface area contributed by atoms with E-state index in [0.29, 0.717) is 16.9 Å². The van der Waals surface area contributed by atoms with Crippen molar-refractivity contribution in [2.45, 2.75) is 27.7 Å². The van der Waals surface area contributed by atoms with E-state index in [1.165, 1.54) is 4.57 Å². The molecule has 0 aliphatic heterocycles. The Morgan fingerprint density at radius 3 is 2.26 bits per heavy atom. The summed E-state index contributed by atoms with van der Waals surface area (Å²) < 4.78 is 1.21. The number of hydrogen-bond donors (Lipinski definition) is 1. The number of imidazole rings is 1. The number of primary amides is 1. The van der Waals surface area contributed by atoms with E-state index in [-0.39, 0.29) is 11.2 Å². The zero-order valence-electron chi connectivity index (χ0n) is 11.1. The van der Waals surface area contributed by atoms with Gasteiger partial charge in [-0.1, -0.05) is 0 Å². The number of aryl methyl sites for hydroxylation is 2. The highest BCUT2D eigenvalue weighted by Gasteiger charge is 2.26. The number of fused-ring (bicyclic) bond motifs is 1. The number of amides is 1. The normalized spacial score (nSPS) is 10.9. The Morgan fingerprint density at radius 1 is 1.21 bits per heavy atom. The van der Waals surface area contributed by atoms with Crippen LogP contribution in [0.15, 0.2) is 0 Å². The summed E-state index contributed by atoms with van der Waals surface area (Å²) in [7, 11) is 0. The Bertz CT molecular complexity index is 731. The van der Waals surface area contributed by atoms with Crippen molar-refractivity contribution in [3.63, 3.8) is 0 Å². The van der Waals surface area contributed by atoms with Crippen molar-refractivity contribution in [2.75, 3.05) is 0 Å². The highest BCUT2D eigenvalue weighted by Crippen LogP contribution is 2.34. The predicted molar refractivity (Wildman–Crippen MR) is 70.3 cm³/mol. The van der Waals surface area contributed by atoms with Gasteiger partial charge in [-0.2, -0.15) is 0 Å². The molecule has 0 atom stereocenters. The number of carbonyl (C=O) groups is 1. The summed E-state index contributed by atoms with van der Waals surface area (Å²) in [6.07, 6.45) is 0. The summed E-state index contributed by atoms with van der Waals surface area (Å²) in [5, 5.41) is 11.2. The van der Waals surface area contributed by atoms with Crippen molar-refractivity contribution in [3.8, 4) is 0 Å². The summed E-state index contributed by atoms with van der Waals surface area (Å²) in [6.45, 7) is 6.86. The number of nitrogens with zero attached hydrogens (tertiary/aromatic N) is 3. The average molecular weight is 262 g/mol. The van der Waals surface area contributed by atoms with E-state index in [9.17, 15) is 14.9 Å². The van der Waals surface area contributed by atoms with Crippen LogP contribution < -0.4 is 5.73 Å². The third-order valence-corrected chi connectivity index (χ3v) is 3.51. The number of rotatable bonds is 1. The smallest absolute Gasteiger partial charge is 0.324 e. The molecule has 0 radical (unpaired) electrons. The molecular formula is C12H14N4O3. The first-order valence-electron chi connectivity index (χ1n) is 5.70. The topological polar surface area (TPSA) is 104 Å². The molecule has 2 rings (SSSR count). The molecule has 0 bridgehead atoms. The minimum absolute atomic E-state index is 0.0683. The summed E-state index contributed by atoms with van der Waals surface area (Å²) in [6, 6.07) is -0.694. The lowest BCUT2D eigenvalue weighted by Gasteiger charge is -2.09. The van der Waals surface area contributed by atoms with Gasteiger partial charge in [-0.25, -0.2) is 14.3 Å². The first kappa shape index (κ1) is 13.0. The van der Waals surface area contributed by atoms with Gasteiger partial charge in [0.05, 0.1) is 10.4 Å². The van der Waals surface area contributed by atoms with E-state index >= 15 is 0 Å². The molecule has 2 N–H and O–H groups in total. The van der Waals surface area contributed by atoms with Gasteiger partial charge in [0.2, 0.25) is 0 Å². The predicted octanol–water partition coefficient (Wildman–Crippen LogP) is 2.10. The molecule has 7 nitrogen and oxygen atoms in total. The monoisotopic (exact) mass is 262 g/mol. The molecule has 0 aliphatic carbocycles. The molecule has 7 heteroatoms. The van der Waals surface area contributed by atoms with Crippen LogP contribution in [-0.4, -0.2) is 20.5 Å². The Hall–Kier alpha value is -2.44. The maximum Gasteiger partial charge on any atom is 0.324 e. The quantitative estimate of drug-likeness (QED) is 0.627. The zero-order chi connectivity index (χ0) is 14.5. The molecule has 100 valence electrons. The molecule has 1 aromatic heterocycles. The number of benzene rings is 1. The molecule has 19 heavy (non-hydrogen) atoms. The van der Waals surface area contributed by atoms with Gasteiger partial charge in [0.15, 0.2) is 5.52 Å². The van der Waals surface area contributed by atoms with Crippen LogP contribution in [0.3, 0.4) is 0 Å². The zero-order valence-corrected chi connectivity index (χ0v) is 11.1. The average Bonchev–Trinajstić information content (AvgIpc) is 2.63. The van der Waals surface area contributed by atoms with Gasteiger partial charge in [0.1, 0.15) is 5.82 Å². The van der Waals surface area contributed by atoms with E-state index < -0.39 is 11.0 Å². The SMILES string of the molecule is Cc1c(C)c(C)c2c(nc(C)n2C(N)=O)c1[N+](=O)[O-]. The Labute approximate surface area is 109 Å². The Balaban J connectivity index is 3.12. The molecule has 0 aliphatic rings. The molecule has 1 aromatic carbocycles. The Kier molecular flexibility index (Phi) is 2.77. The van der Waals surface area contributed by atoms with Crippen molar-refractivity contribution in [2.24, 2.45) is 5.73 Å². The minimum Gasteiger partial charge on any atom is -0.351 e. The van der Waals surface area contributed by atoms with E-state index in [1.807, 2.05) is 0 Å². The van der Waals surface area contributed by atoms with Crippen LogP contribution in [0.1, 0.15) is 22.5 Å². The van der Waals surface area contributed by atoms with Gasteiger partial charge in [-0.05, 0) is 38.8 Å². The highest BCUT2D eigenvalue weighted by molar-refractivity contribution is 5.97. The van der Waals surface area contributed by atoms with Crippen LogP contribution in [0.2, 0.25) is 0 Å². The number of hydrogen-bond acceptors (Lipinski definition) is 4. The summed E-state index contributed by atoms with van der Waals surface area (Å²) in [5.41, 5.74) is 7.98. The molecule has 2 aromatic rings. The minimum atomic E-state index is -0.694. The van der Waals surface area contributed by atoms with E-state index in [2.05, 4.69) is 4.98 Å². The van der Waals surface area contributed by atoms with Crippen molar-refractivity contribution < 1.29 is 9.72 Å². The second kappa shape index (κ2) is 4.04. The molecular weight excluding hydrogens is 248 g/mol. The van der Waals surface area contributed by atoms with Crippen LogP contribution in [0.5, 0.6) is 0 Å². The third-order valence-electron chi connectivity index (χ3n) is 3.51. The molecule has 1 heterocycles. The fraction of sp³-hybridized carbons (Fsp3) is 0.333. The maximum atomic E-state index is 11.5. The Morgan fingerprint density at radius 2 is 1.79 bits per heavy atom. The standard InChI is InChI=1S/C12H14N4O3/c1-5-6(2)10-9(11(7(5)3)16(18)19)14-8(4)15(10)12(13)17/h1-4H3,(H2,13,17). The van der Waals surface area contributed by atoms with E-state index in [1.54, 1.807) is 27.7 Å². The van der Waals surface area contributed by atoms with Crippen molar-refractivity contribution >= 4 is 22.8 Å². The number of nitro groups is 1. The lowest BCUT2D eigenvalue weighted by Crippen LogP contribution is -2.21. The first-order chi connectivity index (χ1) is 8.77. The van der Waals surface area contributed by atoms with Crippen LogP contribution >= 0.6 is 0 Å². The number of nitrogens with two attached hydrogens (primary N) is 1. The van der Waals surface area contributed by atoms with Crippen LogP contribution in [0.4, 0.5) is 10.5 Å². The van der Waals surface area contributed by atoms with E-state index in [0.717, 1.165) is 11.1 Å². The van der Waals surface area contributed by atoms with Crippen molar-refractivity contribution in [3.05, 3.63) is 32.6 Å². The summed E-state index contributed by atoms with van der Waals surface area (Å²) in [5.74, 6) is 0.346. The van der Waals surface area contributed by atoms with Gasteiger partial charge in [0, 0.05) is 5.56 Å². The molecule has 0 unspecified atom stereocenters. The second-order valence-electron chi connectivity index (χ2n) is 4.51. The van der Waals surface area contributed by atoms with Crippen LogP contribution in [0.25, 0.3) is 11.0 Å². The largest absolute Gasteiger partial charge is 0.351 e. The molecule has 0 saturated carbocycles. The number of carbonyl (C=O) groups excluding carboxylic acids is 1. The molecule has 0 fully saturated rings. The summed E-state index contributed by atoms with van der Waals surface area (Å²) >= 11 is 0. The van der Waals surface area contributed by atoms with Crippen molar-refractivity contribution in [1.29, 1.82) is 0 Å². The highest BCUT2D eigenvalue weighted by atomic mass is 16.6. The third kappa shape index (κ3) is 1.66. The van der Waals surface area contributed by atoms with Crippen LogP contribution in [-0.2, 0) is 0 Å². The van der Waals surface area contributed by atoms with Crippen LogP contribution in [0, 0.1) is 37.8 Å². The molecule has 0 spiro atoms. The number of aromatic nitrogens is 2. The van der Waals surface area contributed by atoms with Gasteiger partial charge in [0.25, 0.3) is 5.69 Å². The van der Waals surface area contributed by atoms with Gasteiger partial charge in [-0.3, -0.25) is 10.1 Å². The van der Waals surface area contributed by atoms with Gasteiger partial charge in [-0.15, -0.1) is 0 Å². The van der Waals surface area contributed by atoms with E-state index in [4.69, 9.17) is 5.73 Å².